The van der Waals surface area contributed by atoms with Crippen LogP contribution < -0.4 is 31.9 Å². The summed E-state index contributed by atoms with van der Waals surface area (Å²) in [5.74, 6) is -8.27. The molecule has 0 saturated carbocycles. The number of methoxy groups -OCH3 is 2. The minimum atomic E-state index is -3.01. The van der Waals surface area contributed by atoms with Crippen LogP contribution in [0.3, 0.4) is 0 Å². The highest BCUT2D eigenvalue weighted by Crippen LogP contribution is 2.46. The number of nitrogens with zero attached hydrogens (tertiary/aromatic N) is 2. The van der Waals surface area contributed by atoms with Crippen molar-refractivity contribution in [2.24, 2.45) is 23.7 Å². The fourth-order valence-corrected chi connectivity index (χ4v) is 14.4. The highest BCUT2D eigenvalue weighted by atomic mass is 28.4. The molecule has 0 bridgehead atoms. The van der Waals surface area contributed by atoms with Crippen LogP contribution in [-0.4, -0.2) is 148 Å². The lowest BCUT2D eigenvalue weighted by Crippen LogP contribution is -2.62. The fourth-order valence-electron chi connectivity index (χ4n) is 13.2. The van der Waals surface area contributed by atoms with Gasteiger partial charge in [-0.15, -0.1) is 6.58 Å². The van der Waals surface area contributed by atoms with E-state index >= 15 is 24.0 Å². The number of ether oxygens (including phenoxy) is 4. The zero-order valence-corrected chi connectivity index (χ0v) is 66.7. The number of esters is 2. The van der Waals surface area contributed by atoms with Crippen LogP contribution in [0.1, 0.15) is 161 Å². The average Bonchev–Trinajstić information content (AvgIpc) is 1.63. The Morgan fingerprint density at radius 1 is 0.607 bits per heavy atom. The summed E-state index contributed by atoms with van der Waals surface area (Å²) in [6.45, 7) is 33.9. The molecular formula is C84H112N8O14Si. The molecule has 5 aromatic carbocycles. The number of amides is 7. The summed E-state index contributed by atoms with van der Waals surface area (Å²) in [6, 6.07) is 30.7. The van der Waals surface area contributed by atoms with Crippen LogP contribution in [0.5, 0.6) is 0 Å². The Hall–Kier alpha value is -9.71. The Bertz CT molecular complexity index is 4100. The molecule has 1 aliphatic rings. The molecule has 7 amide bonds. The van der Waals surface area contributed by atoms with Crippen LogP contribution >= 0.6 is 0 Å². The first kappa shape index (κ1) is 84.5. The molecule has 23 heteroatoms. The maximum absolute atomic E-state index is 16.5. The predicted octanol–water partition coefficient (Wildman–Crippen LogP) is 12.6. The van der Waals surface area contributed by atoms with Crippen LogP contribution in [0.2, 0.25) is 18.1 Å². The van der Waals surface area contributed by atoms with E-state index in [4.69, 9.17) is 23.4 Å². The van der Waals surface area contributed by atoms with E-state index in [1.807, 2.05) is 150 Å². The van der Waals surface area contributed by atoms with Gasteiger partial charge in [-0.1, -0.05) is 195 Å². The van der Waals surface area contributed by atoms with Gasteiger partial charge in [0.15, 0.2) is 8.32 Å². The average molecular weight is 1490 g/mol. The maximum atomic E-state index is 16.5. The summed E-state index contributed by atoms with van der Waals surface area (Å²) in [7, 11) is 0.983. The van der Waals surface area contributed by atoms with Crippen molar-refractivity contribution in [1.29, 1.82) is 0 Å². The molecule has 22 nitrogen and oxygen atoms in total. The Labute approximate surface area is 632 Å². The van der Waals surface area contributed by atoms with Gasteiger partial charge in [-0.25, -0.2) is 14.4 Å². The van der Waals surface area contributed by atoms with Crippen LogP contribution in [0.4, 0.5) is 4.79 Å². The third-order valence-corrected chi connectivity index (χ3v) is 24.8. The number of rotatable bonds is 35. The van der Waals surface area contributed by atoms with Crippen LogP contribution in [0.25, 0.3) is 22.0 Å². The van der Waals surface area contributed by atoms with Gasteiger partial charge in [0, 0.05) is 48.7 Å². The van der Waals surface area contributed by atoms with E-state index in [-0.39, 0.29) is 37.9 Å². The molecule has 0 saturated heterocycles. The number of alkyl carbamates (subject to hydrolysis) is 1. The van der Waals surface area contributed by atoms with Crippen LogP contribution in [0, 0.1) is 23.7 Å². The van der Waals surface area contributed by atoms with Crippen molar-refractivity contribution in [3.8, 4) is 11.1 Å². The zero-order valence-electron chi connectivity index (χ0n) is 65.7. The van der Waals surface area contributed by atoms with Crippen molar-refractivity contribution in [2.45, 2.75) is 194 Å². The molecule has 1 heterocycles. The third kappa shape index (κ3) is 21.3. The molecule has 0 radical (unpaired) electrons. The summed E-state index contributed by atoms with van der Waals surface area (Å²) in [6.07, 6.45) is 2.13. The lowest BCUT2D eigenvalue weighted by atomic mass is 9.96. The van der Waals surface area contributed by atoms with E-state index in [1.165, 1.54) is 33.1 Å². The van der Waals surface area contributed by atoms with Gasteiger partial charge in [0.25, 0.3) is 0 Å². The quantitative estimate of drug-likeness (QED) is 0.00934. The van der Waals surface area contributed by atoms with Crippen molar-refractivity contribution in [3.05, 3.63) is 192 Å². The summed E-state index contributed by atoms with van der Waals surface area (Å²) in [4.78, 5) is 134. The van der Waals surface area contributed by atoms with Gasteiger partial charge in [-0.2, -0.15) is 0 Å². The lowest BCUT2D eigenvalue weighted by Gasteiger charge is -2.42. The number of carbonyl (C=O) groups is 9. The number of para-hydroxylation sites is 1. The third-order valence-electron chi connectivity index (χ3n) is 20.3. The van der Waals surface area contributed by atoms with Crippen molar-refractivity contribution >= 4 is 72.7 Å². The zero-order chi connectivity index (χ0) is 79.0. The molecule has 1 aromatic heterocycles. The van der Waals surface area contributed by atoms with Crippen molar-refractivity contribution in [2.75, 3.05) is 34.5 Å². The first-order chi connectivity index (χ1) is 50.4. The summed E-state index contributed by atoms with van der Waals surface area (Å²) >= 11 is 0. The normalized spacial score (nSPS) is 15.4. The van der Waals surface area contributed by atoms with Gasteiger partial charge in [0.05, 0.1) is 24.8 Å². The molecule has 7 rings (SSSR count). The minimum Gasteiger partial charge on any atom is -0.467 e. The van der Waals surface area contributed by atoms with Crippen molar-refractivity contribution in [1.82, 2.24) is 41.4 Å². The lowest BCUT2D eigenvalue weighted by molar-refractivity contribution is -0.146. The van der Waals surface area contributed by atoms with Gasteiger partial charge >= 0.3 is 18.0 Å². The van der Waals surface area contributed by atoms with E-state index in [1.54, 1.807) is 88.4 Å². The number of benzene rings is 5. The summed E-state index contributed by atoms with van der Waals surface area (Å²) < 4.78 is 32.7. The van der Waals surface area contributed by atoms with Gasteiger partial charge in [0.1, 0.15) is 61.1 Å². The predicted molar refractivity (Wildman–Crippen MR) is 418 cm³/mol. The number of nitrogens with one attached hydrogen (secondary N) is 6. The second kappa shape index (κ2) is 37.2. The Morgan fingerprint density at radius 3 is 1.72 bits per heavy atom. The standard InChI is InChI=1S/C84H112N8O14Si/c1-21-84(14,15)92-47-63(62-42-32-33-43-66(62)92)73(106-107(19,20)83(11,12)13)71(90-82(101)105-49-64-60-40-30-28-38-58(60)59-39-29-31-41-61(59)64)79(98)91(16)67(46-53(8)48-104-80(99)57-36-26-23-27-37-57)76(95)85-55(10)74(93)89-70(72(102-17)56-34-24-22-25-35-56)78(97)87-68(52(6)7)77(96)86-65(45-51(4)5)75(94)88-69(81(100)103-18)54(9)44-50(2)3/h21-44,47,51-55,64-65,67-73H,1,45-46,48-49H2,2-20H3,(H,85,95)(H,86,96)(H,87,97)(H,88,94)(H,89,93)(H,90,101)/t53-,54-,55+,65+,67+,68+,69+,70+,71+,72-,73-/m1/s1. The number of allylic oxidation sites excluding steroid dienone is 2. The number of aromatic nitrogens is 1. The Morgan fingerprint density at radius 2 is 1.16 bits per heavy atom. The number of fused-ring (bicyclic) bond motifs is 4. The molecule has 1 aliphatic carbocycles. The second-order valence-electron chi connectivity index (χ2n) is 31.2. The molecule has 0 fully saturated rings. The molecule has 11 atom stereocenters. The Kier molecular flexibility index (Phi) is 29.4. The first-order valence-corrected chi connectivity index (χ1v) is 39.7. The molecule has 576 valence electrons. The van der Waals surface area contributed by atoms with E-state index in [0.29, 0.717) is 22.1 Å². The molecule has 107 heavy (non-hydrogen) atoms. The number of carbonyl (C=O) groups excluding carboxylic acids is 9. The molecule has 0 spiro atoms. The summed E-state index contributed by atoms with van der Waals surface area (Å²) in [5, 5.41) is 17.3. The van der Waals surface area contributed by atoms with Gasteiger partial charge < -0.3 is 64.7 Å². The summed E-state index contributed by atoms with van der Waals surface area (Å²) in [5.41, 5.74) is 6.27. The molecule has 0 unspecified atom stereocenters. The van der Waals surface area contributed by atoms with E-state index in [9.17, 15) is 19.2 Å². The fraction of sp³-hybridized carbons (Fsp3) is 0.464. The topological polar surface area (TPSA) is 280 Å². The van der Waals surface area contributed by atoms with E-state index in [0.717, 1.165) is 33.3 Å². The van der Waals surface area contributed by atoms with Gasteiger partial charge in [0.2, 0.25) is 35.4 Å². The van der Waals surface area contributed by atoms with E-state index < -0.39 is 145 Å². The largest absolute Gasteiger partial charge is 0.467 e. The highest BCUT2D eigenvalue weighted by Gasteiger charge is 2.48. The van der Waals surface area contributed by atoms with Crippen molar-refractivity contribution < 1.29 is 66.5 Å². The minimum absolute atomic E-state index is 0.106. The SMILES string of the molecule is C=CC(C)(C)n1cc([C@@H](O[Si](C)(C)C(C)(C)C)[C@H](NC(=O)OCC2c3ccccc3-c3ccccc32)C(=O)N(C)[C@@H](C[C@@H](C)COC(=O)c2ccccc2)C(=O)N[C@@H](C)C(=O)N[C@H](C(=O)N[C@H](C(=O)N[C@@H](CC(C)C)C(=O)N[C@H](C(=O)OC)[C@H](C)C=C(C)C)C(C)C)[C@H](OC)c2ccccc2)c2ccccc21. The number of likely N-dealkylation sites (N-methyl/N-ethyl adjacent to an activating group) is 1. The first-order valence-electron chi connectivity index (χ1n) is 36.8. The molecule has 6 N–H and O–H groups in total. The second-order valence-corrected chi connectivity index (χ2v) is 35.9. The maximum Gasteiger partial charge on any atom is 0.407 e. The van der Waals surface area contributed by atoms with E-state index in [2.05, 4.69) is 59.3 Å². The molecule has 0 aliphatic heterocycles. The van der Waals surface area contributed by atoms with Crippen LogP contribution in [-0.2, 0) is 62.5 Å². The molecule has 6 aromatic rings. The van der Waals surface area contributed by atoms with Crippen LogP contribution in [0.15, 0.2) is 164 Å². The molecular weight excluding hydrogens is 1370 g/mol. The van der Waals surface area contributed by atoms with Gasteiger partial charge in [-0.3, -0.25) is 28.8 Å². The smallest absolute Gasteiger partial charge is 0.407 e. The van der Waals surface area contributed by atoms with Crippen molar-refractivity contribution in [3.63, 3.8) is 0 Å². The van der Waals surface area contributed by atoms with Gasteiger partial charge in [-0.05, 0) is 129 Å². The monoisotopic (exact) mass is 1480 g/mol. The highest BCUT2D eigenvalue weighted by molar-refractivity contribution is 6.74. The number of hydrogen-bond donors (Lipinski definition) is 6. The Balaban J connectivity index is 1.27. The number of hydrogen-bond acceptors (Lipinski definition) is 14.